The molecule has 1 amide bonds. The number of aryl methyl sites for hydroxylation is 2. The highest BCUT2D eigenvalue weighted by molar-refractivity contribution is 5.82. The van der Waals surface area contributed by atoms with Gasteiger partial charge in [-0.3, -0.25) is 4.79 Å². The molecule has 0 saturated carbocycles. The van der Waals surface area contributed by atoms with Crippen LogP contribution in [0.15, 0.2) is 10.5 Å². The van der Waals surface area contributed by atoms with Crippen LogP contribution in [0.5, 0.6) is 0 Å². The summed E-state index contributed by atoms with van der Waals surface area (Å²) < 4.78 is 5.56. The molecule has 2 rings (SSSR count). The predicted octanol–water partition coefficient (Wildman–Crippen LogP) is 3.10. The zero-order valence-electron chi connectivity index (χ0n) is 13.9. The summed E-state index contributed by atoms with van der Waals surface area (Å²) in [6.45, 7) is 12.0. The molecule has 4 heteroatoms. The van der Waals surface area contributed by atoms with Gasteiger partial charge in [0, 0.05) is 11.0 Å². The van der Waals surface area contributed by atoms with Crippen LogP contribution in [0.1, 0.15) is 56.7 Å². The second-order valence-corrected chi connectivity index (χ2v) is 6.83. The highest BCUT2D eigenvalue weighted by Crippen LogP contribution is 2.33. The van der Waals surface area contributed by atoms with E-state index in [1.807, 2.05) is 26.8 Å². The summed E-state index contributed by atoms with van der Waals surface area (Å²) in [5.74, 6) is 2.30. The molecule has 118 valence electrons. The van der Waals surface area contributed by atoms with Gasteiger partial charge in [-0.1, -0.05) is 13.8 Å². The van der Waals surface area contributed by atoms with Gasteiger partial charge in [0.25, 0.3) is 0 Å². The SMILES string of the molecule is Cc1cc(C(C)NC(=O)C(C)(C)C2CCCNC2)c(C)o1. The second kappa shape index (κ2) is 6.22. The lowest BCUT2D eigenvalue weighted by Gasteiger charge is -2.36. The Hall–Kier alpha value is -1.29. The molecule has 0 radical (unpaired) electrons. The number of rotatable bonds is 4. The van der Waals surface area contributed by atoms with Gasteiger partial charge in [-0.2, -0.15) is 0 Å². The lowest BCUT2D eigenvalue weighted by Crippen LogP contribution is -2.47. The van der Waals surface area contributed by atoms with E-state index in [0.717, 1.165) is 43.0 Å². The fourth-order valence-electron chi connectivity index (χ4n) is 3.19. The van der Waals surface area contributed by atoms with Crippen molar-refractivity contribution in [2.45, 2.75) is 53.5 Å². The van der Waals surface area contributed by atoms with Crippen molar-refractivity contribution in [1.29, 1.82) is 0 Å². The minimum absolute atomic E-state index is 0.0224. The minimum atomic E-state index is -0.353. The number of nitrogens with one attached hydrogen (secondary N) is 2. The molecule has 1 aliphatic heterocycles. The zero-order chi connectivity index (χ0) is 15.6. The summed E-state index contributed by atoms with van der Waals surface area (Å²) in [5, 5.41) is 6.56. The molecule has 2 unspecified atom stereocenters. The standard InChI is InChI=1S/C17H28N2O2/c1-11-9-15(13(3)21-11)12(2)19-16(20)17(4,5)14-7-6-8-18-10-14/h9,12,14,18H,6-8,10H2,1-5H3,(H,19,20). The van der Waals surface area contributed by atoms with Gasteiger partial charge in [-0.15, -0.1) is 0 Å². The monoisotopic (exact) mass is 292 g/mol. The Kier molecular flexibility index (Phi) is 4.77. The summed E-state index contributed by atoms with van der Waals surface area (Å²) in [7, 11) is 0. The third-order valence-corrected chi connectivity index (χ3v) is 4.80. The third kappa shape index (κ3) is 3.49. The van der Waals surface area contributed by atoms with Crippen molar-refractivity contribution in [1.82, 2.24) is 10.6 Å². The topological polar surface area (TPSA) is 54.3 Å². The first-order valence-corrected chi connectivity index (χ1v) is 7.91. The number of amides is 1. The predicted molar refractivity (Wildman–Crippen MR) is 84.1 cm³/mol. The van der Waals surface area contributed by atoms with Gasteiger partial charge in [0.1, 0.15) is 11.5 Å². The third-order valence-electron chi connectivity index (χ3n) is 4.80. The Balaban J connectivity index is 2.04. The molecule has 0 aliphatic carbocycles. The quantitative estimate of drug-likeness (QED) is 0.896. The van der Waals surface area contributed by atoms with Gasteiger partial charge in [-0.25, -0.2) is 0 Å². The summed E-state index contributed by atoms with van der Waals surface area (Å²) in [6.07, 6.45) is 2.27. The van der Waals surface area contributed by atoms with E-state index in [0.29, 0.717) is 5.92 Å². The summed E-state index contributed by atoms with van der Waals surface area (Å²) >= 11 is 0. The van der Waals surface area contributed by atoms with Crippen molar-refractivity contribution in [2.24, 2.45) is 11.3 Å². The molecule has 1 aromatic heterocycles. The van der Waals surface area contributed by atoms with Crippen LogP contribution >= 0.6 is 0 Å². The Bertz CT molecular complexity index is 499. The fourth-order valence-corrected chi connectivity index (χ4v) is 3.19. The van der Waals surface area contributed by atoms with E-state index in [-0.39, 0.29) is 17.4 Å². The lowest BCUT2D eigenvalue weighted by atomic mass is 9.74. The van der Waals surface area contributed by atoms with Crippen LogP contribution in [0.25, 0.3) is 0 Å². The molecule has 1 aromatic rings. The van der Waals surface area contributed by atoms with Crippen molar-refractivity contribution < 1.29 is 9.21 Å². The van der Waals surface area contributed by atoms with E-state index in [4.69, 9.17) is 4.42 Å². The Morgan fingerprint density at radius 1 is 1.48 bits per heavy atom. The fraction of sp³-hybridized carbons (Fsp3) is 0.706. The summed E-state index contributed by atoms with van der Waals surface area (Å²) in [6, 6.07) is 1.99. The average Bonchev–Trinajstić information content (AvgIpc) is 2.78. The molecule has 0 aromatic carbocycles. The van der Waals surface area contributed by atoms with E-state index in [1.54, 1.807) is 0 Å². The molecule has 2 heterocycles. The van der Waals surface area contributed by atoms with Crippen molar-refractivity contribution in [3.8, 4) is 0 Å². The number of hydrogen-bond donors (Lipinski definition) is 2. The first-order chi connectivity index (χ1) is 9.82. The van der Waals surface area contributed by atoms with Crippen LogP contribution in [0.2, 0.25) is 0 Å². The molecule has 21 heavy (non-hydrogen) atoms. The van der Waals surface area contributed by atoms with Gasteiger partial charge < -0.3 is 15.1 Å². The van der Waals surface area contributed by atoms with Crippen molar-refractivity contribution in [3.63, 3.8) is 0 Å². The first-order valence-electron chi connectivity index (χ1n) is 7.91. The van der Waals surface area contributed by atoms with Crippen LogP contribution < -0.4 is 10.6 Å². The van der Waals surface area contributed by atoms with Gasteiger partial charge in [0.15, 0.2) is 0 Å². The number of carbonyl (C=O) groups is 1. The molecule has 1 fully saturated rings. The number of hydrogen-bond acceptors (Lipinski definition) is 3. The molecule has 4 nitrogen and oxygen atoms in total. The van der Waals surface area contributed by atoms with Gasteiger partial charge in [0.05, 0.1) is 6.04 Å². The molecule has 0 spiro atoms. The maximum atomic E-state index is 12.7. The van der Waals surface area contributed by atoms with Gasteiger partial charge in [-0.05, 0) is 58.7 Å². The normalized spacial score (nSPS) is 21.1. The summed E-state index contributed by atoms with van der Waals surface area (Å²) in [4.78, 5) is 12.7. The van der Waals surface area contributed by atoms with Crippen LogP contribution in [-0.4, -0.2) is 19.0 Å². The second-order valence-electron chi connectivity index (χ2n) is 6.83. The molecule has 1 saturated heterocycles. The number of piperidine rings is 1. The highest BCUT2D eigenvalue weighted by atomic mass is 16.3. The maximum absolute atomic E-state index is 12.7. The van der Waals surface area contributed by atoms with E-state index in [2.05, 4.69) is 24.5 Å². The molecular weight excluding hydrogens is 264 g/mol. The van der Waals surface area contributed by atoms with Crippen LogP contribution in [0.4, 0.5) is 0 Å². The van der Waals surface area contributed by atoms with Gasteiger partial charge in [0.2, 0.25) is 5.91 Å². The smallest absolute Gasteiger partial charge is 0.226 e. The molecule has 0 bridgehead atoms. The van der Waals surface area contributed by atoms with E-state index >= 15 is 0 Å². The Morgan fingerprint density at radius 3 is 2.71 bits per heavy atom. The summed E-state index contributed by atoms with van der Waals surface area (Å²) in [5.41, 5.74) is 0.715. The molecular formula is C17H28N2O2. The van der Waals surface area contributed by atoms with Crippen LogP contribution in [0, 0.1) is 25.2 Å². The average molecular weight is 292 g/mol. The number of furan rings is 1. The van der Waals surface area contributed by atoms with Crippen molar-refractivity contribution in [3.05, 3.63) is 23.2 Å². The van der Waals surface area contributed by atoms with Gasteiger partial charge >= 0.3 is 0 Å². The van der Waals surface area contributed by atoms with E-state index in [9.17, 15) is 4.79 Å². The first kappa shape index (κ1) is 16.1. The largest absolute Gasteiger partial charge is 0.466 e. The zero-order valence-corrected chi connectivity index (χ0v) is 13.9. The molecule has 1 aliphatic rings. The van der Waals surface area contributed by atoms with Crippen molar-refractivity contribution >= 4 is 5.91 Å². The lowest BCUT2D eigenvalue weighted by molar-refractivity contribution is -0.133. The van der Waals surface area contributed by atoms with Crippen LogP contribution in [-0.2, 0) is 4.79 Å². The van der Waals surface area contributed by atoms with Crippen molar-refractivity contribution in [2.75, 3.05) is 13.1 Å². The Labute approximate surface area is 127 Å². The maximum Gasteiger partial charge on any atom is 0.226 e. The minimum Gasteiger partial charge on any atom is -0.466 e. The Morgan fingerprint density at radius 2 is 2.19 bits per heavy atom. The molecule has 2 N–H and O–H groups in total. The highest BCUT2D eigenvalue weighted by Gasteiger charge is 2.37. The van der Waals surface area contributed by atoms with Crippen LogP contribution in [0.3, 0.4) is 0 Å². The van der Waals surface area contributed by atoms with E-state index in [1.165, 1.54) is 0 Å². The molecule has 2 atom stereocenters. The number of carbonyl (C=O) groups excluding carboxylic acids is 1. The van der Waals surface area contributed by atoms with E-state index < -0.39 is 0 Å².